The van der Waals surface area contributed by atoms with Crippen molar-refractivity contribution < 1.29 is 9.53 Å². The summed E-state index contributed by atoms with van der Waals surface area (Å²) < 4.78 is 5.41. The Morgan fingerprint density at radius 3 is 2.45 bits per heavy atom. The van der Waals surface area contributed by atoms with Gasteiger partial charge in [0.1, 0.15) is 5.60 Å². The Balaban J connectivity index is 2.27. The van der Waals surface area contributed by atoms with Gasteiger partial charge < -0.3 is 9.64 Å². The molecule has 3 nitrogen and oxygen atoms in total. The summed E-state index contributed by atoms with van der Waals surface area (Å²) >= 11 is 3.46. The second-order valence-electron chi connectivity index (χ2n) is 7.40. The van der Waals surface area contributed by atoms with E-state index in [1.165, 1.54) is 38.5 Å². The average molecular weight is 374 g/mol. The molecule has 1 aliphatic carbocycles. The number of nitrogens with zero attached hydrogens (tertiary/aromatic N) is 1. The minimum atomic E-state index is -0.414. The second-order valence-corrected chi connectivity index (χ2v) is 8.19. The smallest absolute Gasteiger partial charge is 0.410 e. The fourth-order valence-electron chi connectivity index (χ4n) is 2.85. The Morgan fingerprint density at radius 2 is 1.91 bits per heavy atom. The van der Waals surface area contributed by atoms with Gasteiger partial charge in [-0.3, -0.25) is 0 Å². The molecule has 0 spiro atoms. The van der Waals surface area contributed by atoms with Gasteiger partial charge >= 0.3 is 6.09 Å². The van der Waals surface area contributed by atoms with Crippen molar-refractivity contribution in [3.63, 3.8) is 0 Å². The predicted octanol–water partition coefficient (Wildman–Crippen LogP) is 5.39. The van der Waals surface area contributed by atoms with Gasteiger partial charge in [-0.25, -0.2) is 4.79 Å². The first kappa shape index (κ1) is 19.5. The number of amides is 1. The molecule has 1 aliphatic rings. The predicted molar refractivity (Wildman–Crippen MR) is 96.5 cm³/mol. The van der Waals surface area contributed by atoms with E-state index < -0.39 is 5.60 Å². The fraction of sp³-hybridized carbons (Fsp3) is 0.833. The molecular formula is C18H32BrNO2. The number of unbranched alkanes of at least 4 members (excludes halogenated alkanes) is 1. The summed E-state index contributed by atoms with van der Waals surface area (Å²) in [6.07, 6.45) is 11.8. The topological polar surface area (TPSA) is 29.5 Å². The number of ether oxygens (including phenoxy) is 1. The molecule has 0 atom stereocenters. The van der Waals surface area contributed by atoms with E-state index in [-0.39, 0.29) is 6.09 Å². The third kappa shape index (κ3) is 8.21. The lowest BCUT2D eigenvalue weighted by Gasteiger charge is -2.31. The molecule has 0 saturated heterocycles. The van der Waals surface area contributed by atoms with Crippen molar-refractivity contribution in [1.82, 2.24) is 4.90 Å². The molecular weight excluding hydrogens is 342 g/mol. The van der Waals surface area contributed by atoms with E-state index in [0.29, 0.717) is 5.92 Å². The molecule has 1 rings (SSSR count). The minimum Gasteiger partial charge on any atom is -0.444 e. The first-order chi connectivity index (χ1) is 10.3. The van der Waals surface area contributed by atoms with Crippen LogP contribution in [0.4, 0.5) is 4.79 Å². The number of carbonyl (C=O) groups is 1. The van der Waals surface area contributed by atoms with Crippen molar-refractivity contribution in [2.24, 2.45) is 11.8 Å². The molecule has 0 aromatic rings. The molecule has 0 N–H and O–H groups in total. The molecule has 1 fully saturated rings. The summed E-state index contributed by atoms with van der Waals surface area (Å²) in [5.41, 5.74) is -0.414. The Hall–Kier alpha value is -0.510. The summed E-state index contributed by atoms with van der Waals surface area (Å²) in [4.78, 5) is 13.7. The molecule has 0 unspecified atom stereocenters. The van der Waals surface area contributed by atoms with Crippen LogP contribution in [0.3, 0.4) is 0 Å². The number of alkyl halides is 1. The van der Waals surface area contributed by atoms with Crippen LogP contribution >= 0.6 is 15.9 Å². The van der Waals surface area contributed by atoms with Gasteiger partial charge in [-0.15, -0.1) is 0 Å². The van der Waals surface area contributed by atoms with E-state index in [4.69, 9.17) is 4.74 Å². The van der Waals surface area contributed by atoms with Crippen molar-refractivity contribution in [3.8, 4) is 0 Å². The van der Waals surface area contributed by atoms with E-state index in [1.54, 1.807) is 4.90 Å². The quantitative estimate of drug-likeness (QED) is 0.354. The Labute approximate surface area is 144 Å². The van der Waals surface area contributed by atoms with Gasteiger partial charge in [0.25, 0.3) is 0 Å². The molecule has 0 heterocycles. The van der Waals surface area contributed by atoms with Crippen LogP contribution in [0.15, 0.2) is 12.2 Å². The van der Waals surface area contributed by atoms with Gasteiger partial charge in [0.15, 0.2) is 0 Å². The summed E-state index contributed by atoms with van der Waals surface area (Å²) in [5, 5.41) is 1.08. The van der Waals surface area contributed by atoms with Crippen LogP contribution in [-0.2, 0) is 4.74 Å². The molecule has 22 heavy (non-hydrogen) atoms. The lowest BCUT2D eigenvalue weighted by atomic mass is 9.81. The molecule has 1 saturated carbocycles. The van der Waals surface area contributed by atoms with E-state index >= 15 is 0 Å². The third-order valence-corrected chi connectivity index (χ3v) is 4.60. The highest BCUT2D eigenvalue weighted by Crippen LogP contribution is 2.30. The van der Waals surface area contributed by atoms with Gasteiger partial charge in [0.05, 0.1) is 0 Å². The number of carbonyl (C=O) groups excluding carboxylic acids is 1. The molecule has 0 bridgehead atoms. The summed E-state index contributed by atoms with van der Waals surface area (Å²) in [6, 6.07) is 0. The van der Waals surface area contributed by atoms with Gasteiger partial charge in [0.2, 0.25) is 0 Å². The highest BCUT2D eigenvalue weighted by Gasteiger charge is 2.24. The van der Waals surface area contributed by atoms with Crippen LogP contribution in [0, 0.1) is 11.8 Å². The standard InChI is InChI=1S/C18H32BrNO2/c1-18(2,3)22-17(21)20(4)14-16-11-9-15(10-12-16)8-6-5-7-13-19/h6,8,15-16H,5,7,9-14H2,1-4H3/b8-6+/t15-,16-. The van der Waals surface area contributed by atoms with Crippen LogP contribution in [-0.4, -0.2) is 35.5 Å². The first-order valence-corrected chi connectivity index (χ1v) is 9.60. The highest BCUT2D eigenvalue weighted by atomic mass is 79.9. The maximum Gasteiger partial charge on any atom is 0.410 e. The molecule has 128 valence electrons. The number of rotatable bonds is 6. The van der Waals surface area contributed by atoms with E-state index in [2.05, 4.69) is 28.1 Å². The number of halogens is 1. The maximum atomic E-state index is 12.0. The number of hydrogen-bond acceptors (Lipinski definition) is 2. The summed E-state index contributed by atoms with van der Waals surface area (Å²) in [5.74, 6) is 1.35. The normalized spacial score (nSPS) is 22.8. The zero-order valence-corrected chi connectivity index (χ0v) is 16.2. The molecule has 1 amide bonds. The zero-order valence-electron chi connectivity index (χ0n) is 14.6. The monoisotopic (exact) mass is 373 g/mol. The van der Waals surface area contributed by atoms with Crippen LogP contribution in [0.1, 0.15) is 59.3 Å². The van der Waals surface area contributed by atoms with Crippen molar-refractivity contribution >= 4 is 22.0 Å². The van der Waals surface area contributed by atoms with Crippen molar-refractivity contribution in [3.05, 3.63) is 12.2 Å². The third-order valence-electron chi connectivity index (χ3n) is 4.04. The van der Waals surface area contributed by atoms with Crippen LogP contribution in [0.25, 0.3) is 0 Å². The SMILES string of the molecule is CN(C[C@H]1CC[C@H](/C=C/CCCBr)CC1)C(=O)OC(C)(C)C. The van der Waals surface area contributed by atoms with Crippen LogP contribution in [0.2, 0.25) is 0 Å². The second kappa shape index (κ2) is 9.59. The minimum absolute atomic E-state index is 0.204. The van der Waals surface area contributed by atoms with Gasteiger partial charge in [-0.05, 0) is 71.1 Å². The number of hydrogen-bond donors (Lipinski definition) is 0. The molecule has 0 radical (unpaired) electrons. The Kier molecular flexibility index (Phi) is 8.52. The lowest BCUT2D eigenvalue weighted by molar-refractivity contribution is 0.0259. The first-order valence-electron chi connectivity index (χ1n) is 8.48. The van der Waals surface area contributed by atoms with Gasteiger partial charge in [-0.2, -0.15) is 0 Å². The van der Waals surface area contributed by atoms with Crippen molar-refractivity contribution in [1.29, 1.82) is 0 Å². The van der Waals surface area contributed by atoms with Gasteiger partial charge in [0, 0.05) is 18.9 Å². The molecule has 0 aromatic heterocycles. The van der Waals surface area contributed by atoms with Crippen LogP contribution in [0.5, 0.6) is 0 Å². The maximum absolute atomic E-state index is 12.0. The van der Waals surface area contributed by atoms with Gasteiger partial charge in [-0.1, -0.05) is 28.1 Å². The largest absolute Gasteiger partial charge is 0.444 e. The highest BCUT2D eigenvalue weighted by molar-refractivity contribution is 9.09. The Morgan fingerprint density at radius 1 is 1.27 bits per heavy atom. The zero-order chi connectivity index (χ0) is 16.6. The van der Waals surface area contributed by atoms with E-state index in [0.717, 1.165) is 17.8 Å². The summed E-state index contributed by atoms with van der Waals surface area (Å²) in [7, 11) is 1.85. The van der Waals surface area contributed by atoms with E-state index in [1.807, 2.05) is 27.8 Å². The fourth-order valence-corrected chi connectivity index (χ4v) is 3.17. The average Bonchev–Trinajstić information content (AvgIpc) is 2.43. The summed E-state index contributed by atoms with van der Waals surface area (Å²) in [6.45, 7) is 6.54. The van der Waals surface area contributed by atoms with Crippen LogP contribution < -0.4 is 0 Å². The van der Waals surface area contributed by atoms with Crippen molar-refractivity contribution in [2.45, 2.75) is 64.9 Å². The van der Waals surface area contributed by atoms with Crippen molar-refractivity contribution in [2.75, 3.05) is 18.9 Å². The Bertz CT molecular complexity index is 355. The lowest BCUT2D eigenvalue weighted by Crippen LogP contribution is -2.37. The van der Waals surface area contributed by atoms with E-state index in [9.17, 15) is 4.79 Å². The number of allylic oxidation sites excluding steroid dienone is 2. The molecule has 0 aromatic carbocycles. The molecule has 0 aliphatic heterocycles. The molecule has 4 heteroatoms.